The van der Waals surface area contributed by atoms with Crippen LogP contribution in [0.4, 0.5) is 0 Å². The van der Waals surface area contributed by atoms with Crippen molar-refractivity contribution in [1.29, 1.82) is 5.26 Å². The van der Waals surface area contributed by atoms with Gasteiger partial charge < -0.3 is 10.2 Å². The molecule has 1 fully saturated rings. The lowest BCUT2D eigenvalue weighted by atomic mass is 10.2. The molecule has 0 bridgehead atoms. The lowest BCUT2D eigenvalue weighted by Crippen LogP contribution is -2.42. The summed E-state index contributed by atoms with van der Waals surface area (Å²) >= 11 is 7.97. The lowest BCUT2D eigenvalue weighted by Gasteiger charge is -2.19. The molecule has 7 heteroatoms. The van der Waals surface area contributed by atoms with Gasteiger partial charge in [-0.1, -0.05) is 11.6 Å². The van der Waals surface area contributed by atoms with Gasteiger partial charge in [0, 0.05) is 20.7 Å². The first-order chi connectivity index (χ1) is 10.0. The largest absolute Gasteiger partial charge is 0.343 e. The normalized spacial score (nSPS) is 17.4. The molecule has 2 amide bonds. The minimum atomic E-state index is -0.374. The summed E-state index contributed by atoms with van der Waals surface area (Å²) in [5.74, 6) is -0.583. The molecule has 1 aromatic rings. The zero-order chi connectivity index (χ0) is 15.4. The SMILES string of the molecule is N#C[C@@H]1CCCN1C(=O)CNC(=O)c1cc(Cl)cc(I)c1. The Kier molecular flexibility index (Phi) is 5.42. The van der Waals surface area contributed by atoms with E-state index in [4.69, 9.17) is 16.9 Å². The molecule has 0 spiro atoms. The van der Waals surface area contributed by atoms with Crippen LogP contribution in [-0.2, 0) is 4.79 Å². The summed E-state index contributed by atoms with van der Waals surface area (Å²) in [6.07, 6.45) is 1.52. The molecular weight excluding hydrogens is 405 g/mol. The van der Waals surface area contributed by atoms with E-state index in [1.807, 2.05) is 0 Å². The Morgan fingerprint density at radius 1 is 1.48 bits per heavy atom. The van der Waals surface area contributed by atoms with Gasteiger partial charge in [0.1, 0.15) is 6.04 Å². The Hall–Kier alpha value is -1.33. The fourth-order valence-electron chi connectivity index (χ4n) is 2.24. The van der Waals surface area contributed by atoms with Crippen molar-refractivity contribution in [3.05, 3.63) is 32.4 Å². The van der Waals surface area contributed by atoms with Crippen LogP contribution in [-0.4, -0.2) is 35.8 Å². The molecule has 21 heavy (non-hydrogen) atoms. The van der Waals surface area contributed by atoms with Crippen molar-refractivity contribution >= 4 is 46.0 Å². The Bertz CT molecular complexity index is 594. The van der Waals surface area contributed by atoms with Crippen LogP contribution in [0.5, 0.6) is 0 Å². The van der Waals surface area contributed by atoms with Gasteiger partial charge in [-0.05, 0) is 53.6 Å². The first-order valence-electron chi connectivity index (χ1n) is 6.44. The highest BCUT2D eigenvalue weighted by atomic mass is 127. The maximum absolute atomic E-state index is 12.0. The molecule has 2 rings (SSSR count). The van der Waals surface area contributed by atoms with Gasteiger partial charge in [0.25, 0.3) is 5.91 Å². The van der Waals surface area contributed by atoms with Crippen LogP contribution in [0.25, 0.3) is 0 Å². The second-order valence-corrected chi connectivity index (χ2v) is 6.40. The van der Waals surface area contributed by atoms with E-state index < -0.39 is 0 Å². The third kappa shape index (κ3) is 4.08. The molecule has 1 saturated heterocycles. The molecule has 1 aliphatic rings. The predicted octanol–water partition coefficient (Wildman–Crippen LogP) is 2.19. The fraction of sp³-hybridized carbons (Fsp3) is 0.357. The molecule has 0 aliphatic carbocycles. The van der Waals surface area contributed by atoms with E-state index in [1.165, 1.54) is 4.90 Å². The van der Waals surface area contributed by atoms with Crippen LogP contribution in [0.3, 0.4) is 0 Å². The molecule has 1 aromatic carbocycles. The van der Waals surface area contributed by atoms with E-state index in [0.29, 0.717) is 23.6 Å². The van der Waals surface area contributed by atoms with Crippen LogP contribution in [0.15, 0.2) is 18.2 Å². The number of carbonyl (C=O) groups is 2. The number of benzene rings is 1. The van der Waals surface area contributed by atoms with Crippen molar-refractivity contribution in [2.45, 2.75) is 18.9 Å². The fourth-order valence-corrected chi connectivity index (χ4v) is 3.33. The van der Waals surface area contributed by atoms with Crippen molar-refractivity contribution < 1.29 is 9.59 Å². The highest BCUT2D eigenvalue weighted by Crippen LogP contribution is 2.17. The smallest absolute Gasteiger partial charge is 0.251 e. The summed E-state index contributed by atoms with van der Waals surface area (Å²) in [5.41, 5.74) is 0.415. The first kappa shape index (κ1) is 16.0. The minimum Gasteiger partial charge on any atom is -0.343 e. The first-order valence-corrected chi connectivity index (χ1v) is 7.90. The predicted molar refractivity (Wildman–Crippen MR) is 86.9 cm³/mol. The summed E-state index contributed by atoms with van der Waals surface area (Å²) < 4.78 is 0.848. The molecule has 0 aromatic heterocycles. The second-order valence-electron chi connectivity index (χ2n) is 4.72. The molecular formula is C14H13ClIN3O2. The number of amides is 2. The molecule has 1 N–H and O–H groups in total. The van der Waals surface area contributed by atoms with Crippen LogP contribution in [0.1, 0.15) is 23.2 Å². The molecule has 0 unspecified atom stereocenters. The van der Waals surface area contributed by atoms with Crippen molar-refractivity contribution in [3.63, 3.8) is 0 Å². The summed E-state index contributed by atoms with van der Waals surface area (Å²) in [4.78, 5) is 25.5. The lowest BCUT2D eigenvalue weighted by molar-refractivity contribution is -0.130. The average molecular weight is 418 g/mol. The van der Waals surface area contributed by atoms with Crippen LogP contribution in [0.2, 0.25) is 5.02 Å². The standard InChI is InChI=1S/C14H13ClIN3O2/c15-10-4-9(5-11(16)6-10)14(21)18-8-13(20)19-3-1-2-12(19)7-17/h4-6,12H,1-3,8H2,(H,18,21)/t12-/m0/s1. The number of nitrogens with one attached hydrogen (secondary N) is 1. The van der Waals surface area contributed by atoms with Crippen LogP contribution < -0.4 is 5.32 Å². The van der Waals surface area contributed by atoms with Gasteiger partial charge in [-0.2, -0.15) is 5.26 Å². The third-order valence-electron chi connectivity index (χ3n) is 3.25. The van der Waals surface area contributed by atoms with E-state index in [-0.39, 0.29) is 24.4 Å². The number of carbonyl (C=O) groups excluding carboxylic acids is 2. The number of rotatable bonds is 3. The Morgan fingerprint density at radius 3 is 2.90 bits per heavy atom. The molecule has 1 aliphatic heterocycles. The molecule has 5 nitrogen and oxygen atoms in total. The summed E-state index contributed by atoms with van der Waals surface area (Å²) in [5, 5.41) is 12.0. The average Bonchev–Trinajstić information content (AvgIpc) is 2.91. The van der Waals surface area contributed by atoms with E-state index in [9.17, 15) is 9.59 Å². The monoisotopic (exact) mass is 417 g/mol. The quantitative estimate of drug-likeness (QED) is 0.766. The van der Waals surface area contributed by atoms with Crippen LogP contribution >= 0.6 is 34.2 Å². The third-order valence-corrected chi connectivity index (χ3v) is 4.09. The zero-order valence-corrected chi connectivity index (χ0v) is 14.0. The minimum absolute atomic E-state index is 0.111. The van der Waals surface area contributed by atoms with Crippen molar-refractivity contribution in [1.82, 2.24) is 10.2 Å². The molecule has 1 heterocycles. The Morgan fingerprint density at radius 2 is 2.24 bits per heavy atom. The van der Waals surface area contributed by atoms with Gasteiger partial charge >= 0.3 is 0 Å². The molecule has 0 radical (unpaired) electrons. The van der Waals surface area contributed by atoms with Gasteiger partial charge in [0.2, 0.25) is 5.91 Å². The van der Waals surface area contributed by atoms with Crippen molar-refractivity contribution in [2.75, 3.05) is 13.1 Å². The van der Waals surface area contributed by atoms with E-state index in [0.717, 1.165) is 9.99 Å². The van der Waals surface area contributed by atoms with Gasteiger partial charge in [-0.15, -0.1) is 0 Å². The van der Waals surface area contributed by atoms with Gasteiger partial charge in [-0.3, -0.25) is 9.59 Å². The topological polar surface area (TPSA) is 73.2 Å². The highest BCUT2D eigenvalue weighted by molar-refractivity contribution is 14.1. The van der Waals surface area contributed by atoms with E-state index in [1.54, 1.807) is 18.2 Å². The highest BCUT2D eigenvalue weighted by Gasteiger charge is 2.28. The number of likely N-dealkylation sites (tertiary alicyclic amines) is 1. The number of halogens is 2. The van der Waals surface area contributed by atoms with E-state index in [2.05, 4.69) is 34.0 Å². The number of hydrogen-bond donors (Lipinski definition) is 1. The maximum atomic E-state index is 12.0. The maximum Gasteiger partial charge on any atom is 0.251 e. The number of nitrogens with zero attached hydrogens (tertiary/aromatic N) is 2. The zero-order valence-electron chi connectivity index (χ0n) is 11.1. The van der Waals surface area contributed by atoms with Crippen LogP contribution in [0, 0.1) is 14.9 Å². The van der Waals surface area contributed by atoms with Gasteiger partial charge in [0.05, 0.1) is 12.6 Å². The number of hydrogen-bond acceptors (Lipinski definition) is 3. The molecule has 110 valence electrons. The number of nitriles is 1. The second kappa shape index (κ2) is 7.09. The van der Waals surface area contributed by atoms with E-state index >= 15 is 0 Å². The summed E-state index contributed by atoms with van der Waals surface area (Å²) in [6.45, 7) is 0.460. The molecule has 1 atom stereocenters. The summed E-state index contributed by atoms with van der Waals surface area (Å²) in [6, 6.07) is 6.72. The summed E-state index contributed by atoms with van der Waals surface area (Å²) in [7, 11) is 0. The van der Waals surface area contributed by atoms with Gasteiger partial charge in [0.15, 0.2) is 0 Å². The Balaban J connectivity index is 1.95. The van der Waals surface area contributed by atoms with Crippen molar-refractivity contribution in [3.8, 4) is 6.07 Å². The molecule has 0 saturated carbocycles. The van der Waals surface area contributed by atoms with Gasteiger partial charge in [-0.25, -0.2) is 0 Å². The van der Waals surface area contributed by atoms with Crippen molar-refractivity contribution in [2.24, 2.45) is 0 Å². The Labute approximate surface area is 141 Å².